The number of carbonyl (C=O) groups excluding carboxylic acids is 3. The molecule has 0 bridgehead atoms. The van der Waals surface area contributed by atoms with E-state index in [0.29, 0.717) is 37.4 Å². The number of rotatable bonds is 7. The highest BCUT2D eigenvalue weighted by molar-refractivity contribution is 5.95. The van der Waals surface area contributed by atoms with E-state index >= 15 is 0 Å². The van der Waals surface area contributed by atoms with E-state index in [1.54, 1.807) is 14.0 Å². The fourth-order valence-corrected chi connectivity index (χ4v) is 4.79. The average molecular weight is 501 g/mol. The third-order valence-electron chi connectivity index (χ3n) is 6.86. The third-order valence-corrected chi connectivity index (χ3v) is 6.86. The summed E-state index contributed by atoms with van der Waals surface area (Å²) in [5, 5.41) is 2.99. The molecule has 2 heterocycles. The first-order valence-electron chi connectivity index (χ1n) is 12.5. The summed E-state index contributed by atoms with van der Waals surface area (Å²) in [6, 6.07) is 7.12. The van der Waals surface area contributed by atoms with Gasteiger partial charge in [-0.05, 0) is 30.4 Å². The van der Waals surface area contributed by atoms with Gasteiger partial charge in [-0.15, -0.1) is 0 Å². The molecule has 3 amide bonds. The molecule has 0 radical (unpaired) electrons. The van der Waals surface area contributed by atoms with E-state index in [0.717, 1.165) is 5.56 Å². The summed E-state index contributed by atoms with van der Waals surface area (Å²) in [5.41, 5.74) is 3.04. The first-order chi connectivity index (χ1) is 17.0. The summed E-state index contributed by atoms with van der Waals surface area (Å²) in [6.45, 7) is 12.7. The number of benzene rings is 1. The van der Waals surface area contributed by atoms with Crippen LogP contribution in [0.5, 0.6) is 0 Å². The second-order valence-corrected chi connectivity index (χ2v) is 10.5. The minimum Gasteiger partial charge on any atom is -0.463 e. The number of ether oxygens (including phenoxy) is 2. The van der Waals surface area contributed by atoms with Gasteiger partial charge >= 0.3 is 12.0 Å². The molecule has 0 unspecified atom stereocenters. The van der Waals surface area contributed by atoms with Crippen LogP contribution in [0.4, 0.5) is 4.79 Å². The lowest BCUT2D eigenvalue weighted by Crippen LogP contribution is -2.56. The van der Waals surface area contributed by atoms with E-state index in [1.165, 1.54) is 17.6 Å². The number of esters is 1. The fourth-order valence-electron chi connectivity index (χ4n) is 4.79. The number of carbonyl (C=O) groups is 3. The van der Waals surface area contributed by atoms with Crippen LogP contribution < -0.4 is 5.32 Å². The molecule has 1 aromatic rings. The predicted octanol–water partition coefficient (Wildman–Crippen LogP) is 2.68. The Balaban J connectivity index is 1.94. The smallest absolute Gasteiger partial charge is 0.338 e. The average Bonchev–Trinajstić information content (AvgIpc) is 2.81. The molecule has 2 aliphatic rings. The molecule has 0 spiro atoms. The van der Waals surface area contributed by atoms with Gasteiger partial charge in [0.1, 0.15) is 6.61 Å². The number of urea groups is 1. The Kier molecular flexibility index (Phi) is 8.79. The number of methoxy groups -OCH3 is 1. The van der Waals surface area contributed by atoms with Gasteiger partial charge in [-0.1, -0.05) is 45.0 Å². The molecular formula is C27H40N4O5. The van der Waals surface area contributed by atoms with Crippen LogP contribution in [-0.2, 0) is 24.5 Å². The lowest BCUT2D eigenvalue weighted by Gasteiger charge is -2.42. The van der Waals surface area contributed by atoms with Gasteiger partial charge in [0.2, 0.25) is 5.91 Å². The summed E-state index contributed by atoms with van der Waals surface area (Å²) >= 11 is 0. The van der Waals surface area contributed by atoms with Crippen molar-refractivity contribution in [2.24, 2.45) is 0 Å². The van der Waals surface area contributed by atoms with Gasteiger partial charge in [0.25, 0.3) is 0 Å². The summed E-state index contributed by atoms with van der Waals surface area (Å²) in [4.78, 5) is 44.1. The molecule has 0 saturated carbocycles. The van der Waals surface area contributed by atoms with E-state index < -0.39 is 12.0 Å². The molecule has 198 valence electrons. The highest BCUT2D eigenvalue weighted by Gasteiger charge is 2.38. The fraction of sp³-hybridized carbons (Fsp3) is 0.593. The largest absolute Gasteiger partial charge is 0.463 e. The maximum atomic E-state index is 13.2. The molecule has 36 heavy (non-hydrogen) atoms. The molecule has 9 nitrogen and oxygen atoms in total. The second kappa shape index (κ2) is 11.4. The topological polar surface area (TPSA) is 91.4 Å². The van der Waals surface area contributed by atoms with Crippen molar-refractivity contribution in [3.8, 4) is 0 Å². The monoisotopic (exact) mass is 500 g/mol. The highest BCUT2D eigenvalue weighted by atomic mass is 16.5. The number of nitrogens with zero attached hydrogens (tertiary/aromatic N) is 3. The van der Waals surface area contributed by atoms with Crippen LogP contribution in [0.1, 0.15) is 51.8 Å². The van der Waals surface area contributed by atoms with Gasteiger partial charge in [0, 0.05) is 52.1 Å². The molecule has 1 aromatic carbocycles. The van der Waals surface area contributed by atoms with Crippen molar-refractivity contribution < 1.29 is 23.9 Å². The Morgan fingerprint density at radius 2 is 1.81 bits per heavy atom. The number of hydrogen-bond donors (Lipinski definition) is 1. The van der Waals surface area contributed by atoms with Gasteiger partial charge in [0.05, 0.1) is 18.2 Å². The van der Waals surface area contributed by atoms with Crippen LogP contribution in [0.25, 0.3) is 0 Å². The van der Waals surface area contributed by atoms with Crippen LogP contribution in [0.3, 0.4) is 0 Å². The zero-order chi connectivity index (χ0) is 26.6. The molecule has 1 N–H and O–H groups in total. The SMILES string of the molecule is CCOC(=O)C1=C(CN2CCN(C(=O)COC)[C@H](C)C2)N(C)C(=O)N[C@@H]1c1ccc(C(C)(C)C)cc1. The van der Waals surface area contributed by atoms with Crippen LogP contribution >= 0.6 is 0 Å². The zero-order valence-corrected chi connectivity index (χ0v) is 22.6. The van der Waals surface area contributed by atoms with Crippen LogP contribution in [-0.4, -0.2) is 92.2 Å². The Morgan fingerprint density at radius 1 is 1.14 bits per heavy atom. The van der Waals surface area contributed by atoms with E-state index in [4.69, 9.17) is 9.47 Å². The molecule has 1 saturated heterocycles. The van der Waals surface area contributed by atoms with E-state index in [2.05, 4.69) is 31.0 Å². The molecular weight excluding hydrogens is 460 g/mol. The van der Waals surface area contributed by atoms with Crippen LogP contribution in [0, 0.1) is 0 Å². The van der Waals surface area contributed by atoms with Gasteiger partial charge in [0.15, 0.2) is 0 Å². The van der Waals surface area contributed by atoms with Crippen molar-refractivity contribution in [3.63, 3.8) is 0 Å². The molecule has 2 atom stereocenters. The first-order valence-corrected chi connectivity index (χ1v) is 12.5. The highest BCUT2D eigenvalue weighted by Crippen LogP contribution is 2.33. The minimum absolute atomic E-state index is 0.0109. The van der Waals surface area contributed by atoms with Gasteiger partial charge < -0.3 is 19.7 Å². The maximum absolute atomic E-state index is 13.2. The lowest BCUT2D eigenvalue weighted by molar-refractivity contribution is -0.139. The summed E-state index contributed by atoms with van der Waals surface area (Å²) in [7, 11) is 3.18. The summed E-state index contributed by atoms with van der Waals surface area (Å²) in [6.07, 6.45) is 0. The Hall–Kier alpha value is -2.91. The number of likely N-dealkylation sites (N-methyl/N-ethyl adjacent to an activating group) is 1. The summed E-state index contributed by atoms with van der Waals surface area (Å²) in [5.74, 6) is -0.477. The second-order valence-electron chi connectivity index (χ2n) is 10.5. The number of nitrogens with one attached hydrogen (secondary N) is 1. The molecule has 0 aliphatic carbocycles. The normalized spacial score (nSPS) is 21.5. The Bertz CT molecular complexity index is 998. The third kappa shape index (κ3) is 6.07. The standard InChI is InChI=1S/C27H40N4O5/c1-8-36-25(33)23-21(16-30-13-14-31(18(2)15-30)22(32)17-35-7)29(6)26(34)28-24(23)19-9-11-20(12-10-19)27(3,4)5/h9-12,18,24H,8,13-17H2,1-7H3,(H,28,34)/t18-,24-/m1/s1. The minimum atomic E-state index is -0.612. The van der Waals surface area contributed by atoms with Gasteiger partial charge in [-0.25, -0.2) is 9.59 Å². The van der Waals surface area contributed by atoms with E-state index in [9.17, 15) is 14.4 Å². The molecule has 1 fully saturated rings. The van der Waals surface area contributed by atoms with Gasteiger partial charge in [-0.2, -0.15) is 0 Å². The lowest BCUT2D eigenvalue weighted by atomic mass is 9.85. The molecule has 0 aromatic heterocycles. The van der Waals surface area contributed by atoms with Crippen molar-refractivity contribution in [3.05, 3.63) is 46.7 Å². The molecule has 2 aliphatic heterocycles. The molecule has 3 rings (SSSR count). The predicted molar refractivity (Wildman–Crippen MR) is 137 cm³/mol. The van der Waals surface area contributed by atoms with Crippen molar-refractivity contribution in [2.75, 3.05) is 53.6 Å². The quantitative estimate of drug-likeness (QED) is 0.579. The van der Waals surface area contributed by atoms with Gasteiger partial charge in [-0.3, -0.25) is 14.6 Å². The van der Waals surface area contributed by atoms with Crippen molar-refractivity contribution in [1.82, 2.24) is 20.0 Å². The number of piperazine rings is 1. The maximum Gasteiger partial charge on any atom is 0.338 e. The van der Waals surface area contributed by atoms with E-state index in [-0.39, 0.29) is 36.6 Å². The van der Waals surface area contributed by atoms with Crippen molar-refractivity contribution >= 4 is 17.9 Å². The van der Waals surface area contributed by atoms with Crippen LogP contribution in [0.2, 0.25) is 0 Å². The number of hydrogen-bond acceptors (Lipinski definition) is 6. The van der Waals surface area contributed by atoms with Crippen molar-refractivity contribution in [2.45, 2.75) is 52.1 Å². The molecule has 9 heteroatoms. The van der Waals surface area contributed by atoms with E-state index in [1.807, 2.05) is 36.1 Å². The zero-order valence-electron chi connectivity index (χ0n) is 22.6. The summed E-state index contributed by atoms with van der Waals surface area (Å²) < 4.78 is 10.5. The first kappa shape index (κ1) is 27.7. The van der Waals surface area contributed by atoms with Crippen molar-refractivity contribution in [1.29, 1.82) is 0 Å². The Labute approximate surface area is 214 Å². The number of amides is 3. The Morgan fingerprint density at radius 3 is 2.36 bits per heavy atom. The van der Waals surface area contributed by atoms with Crippen LogP contribution in [0.15, 0.2) is 35.5 Å².